The quantitative estimate of drug-likeness (QED) is 0.139. The zero-order chi connectivity index (χ0) is 43.7. The molecule has 0 aliphatic carbocycles. The SMILES string of the molecule is C=C/C=C(\CCN(c1cccc(-n2c3ccc(C(C)(C)C)cc3c3c(C)c(-c4cc(C(C)(C)C)ccc4C)ccc32)c1C)c1csc2ccc(C(C)(C)C)cc12)C(C)(C)C. The maximum absolute atomic E-state index is 4.10. The number of nitrogens with zero attached hydrogens (tertiary/aromatic N) is 2. The second-order valence-corrected chi connectivity index (χ2v) is 22.2. The highest BCUT2D eigenvalue weighted by Crippen LogP contribution is 2.45. The Morgan fingerprint density at radius 3 is 1.87 bits per heavy atom. The number of hydrogen-bond donors (Lipinski definition) is 0. The lowest BCUT2D eigenvalue weighted by Gasteiger charge is -2.31. The molecule has 5 aromatic carbocycles. The smallest absolute Gasteiger partial charge is 0.0599 e. The molecule has 0 saturated heterocycles. The molecule has 2 nitrogen and oxygen atoms in total. The van der Waals surface area contributed by atoms with Crippen LogP contribution in [0.5, 0.6) is 0 Å². The van der Waals surface area contributed by atoms with E-state index in [1.54, 1.807) is 0 Å². The number of rotatable bonds is 8. The molecule has 0 radical (unpaired) electrons. The molecule has 60 heavy (non-hydrogen) atoms. The van der Waals surface area contributed by atoms with Crippen LogP contribution in [0, 0.1) is 26.2 Å². The Hall–Kier alpha value is -4.86. The van der Waals surface area contributed by atoms with Gasteiger partial charge in [-0.15, -0.1) is 11.3 Å². The maximum atomic E-state index is 4.10. The van der Waals surface area contributed by atoms with Crippen LogP contribution in [0.4, 0.5) is 11.4 Å². The van der Waals surface area contributed by atoms with Crippen LogP contribution in [0.25, 0.3) is 48.7 Å². The monoisotopic (exact) mass is 813 g/mol. The summed E-state index contributed by atoms with van der Waals surface area (Å²) in [4.78, 5) is 2.60. The van der Waals surface area contributed by atoms with Crippen LogP contribution in [0.1, 0.15) is 123 Å². The number of anilines is 2. The Morgan fingerprint density at radius 1 is 0.633 bits per heavy atom. The number of benzene rings is 5. The lowest BCUT2D eigenvalue weighted by Crippen LogP contribution is -2.22. The fourth-order valence-electron chi connectivity index (χ4n) is 8.97. The predicted molar refractivity (Wildman–Crippen MR) is 268 cm³/mol. The molecule has 0 amide bonds. The van der Waals surface area contributed by atoms with Crippen molar-refractivity contribution in [3.05, 3.63) is 148 Å². The zero-order valence-electron chi connectivity index (χ0n) is 39.2. The maximum Gasteiger partial charge on any atom is 0.0599 e. The molecule has 0 bridgehead atoms. The molecule has 0 atom stereocenters. The van der Waals surface area contributed by atoms with Gasteiger partial charge in [0.05, 0.1) is 22.4 Å². The first-order chi connectivity index (χ1) is 28.0. The number of fused-ring (bicyclic) bond motifs is 4. The van der Waals surface area contributed by atoms with E-state index in [-0.39, 0.29) is 21.7 Å². The molecule has 0 saturated carbocycles. The first-order valence-corrected chi connectivity index (χ1v) is 22.8. The molecule has 0 N–H and O–H groups in total. The average Bonchev–Trinajstić information content (AvgIpc) is 3.73. The van der Waals surface area contributed by atoms with Gasteiger partial charge in [0.25, 0.3) is 0 Å². The molecular formula is C57H68N2S. The minimum atomic E-state index is 0.0181. The number of aryl methyl sites for hydroxylation is 2. The molecule has 7 aromatic rings. The van der Waals surface area contributed by atoms with Gasteiger partial charge in [-0.2, -0.15) is 0 Å². The summed E-state index contributed by atoms with van der Waals surface area (Å²) in [7, 11) is 0. The van der Waals surface area contributed by atoms with Gasteiger partial charge in [0, 0.05) is 38.5 Å². The van der Waals surface area contributed by atoms with Crippen molar-refractivity contribution < 1.29 is 0 Å². The molecular weight excluding hydrogens is 745 g/mol. The molecule has 0 aliphatic rings. The predicted octanol–water partition coefficient (Wildman–Crippen LogP) is 17.2. The van der Waals surface area contributed by atoms with E-state index in [0.29, 0.717) is 0 Å². The van der Waals surface area contributed by atoms with Crippen molar-refractivity contribution in [3.63, 3.8) is 0 Å². The van der Waals surface area contributed by atoms with Crippen molar-refractivity contribution >= 4 is 54.6 Å². The lowest BCUT2D eigenvalue weighted by molar-refractivity contribution is 0.483. The summed E-state index contributed by atoms with van der Waals surface area (Å²) >= 11 is 1.85. The third-order valence-corrected chi connectivity index (χ3v) is 13.8. The molecule has 0 fully saturated rings. The van der Waals surface area contributed by atoms with E-state index >= 15 is 0 Å². The van der Waals surface area contributed by atoms with E-state index in [4.69, 9.17) is 0 Å². The normalized spacial score (nSPS) is 13.2. The molecule has 2 aromatic heterocycles. The lowest BCUT2D eigenvalue weighted by atomic mass is 9.83. The Labute approximate surface area is 365 Å². The highest BCUT2D eigenvalue weighted by molar-refractivity contribution is 7.17. The van der Waals surface area contributed by atoms with Crippen molar-refractivity contribution in [1.82, 2.24) is 4.57 Å². The minimum Gasteiger partial charge on any atom is -0.340 e. The number of hydrogen-bond acceptors (Lipinski definition) is 2. The van der Waals surface area contributed by atoms with E-state index < -0.39 is 0 Å². The average molecular weight is 813 g/mol. The Kier molecular flexibility index (Phi) is 11.2. The van der Waals surface area contributed by atoms with E-state index in [1.807, 2.05) is 17.4 Å². The summed E-state index contributed by atoms with van der Waals surface area (Å²) in [6, 6.07) is 33.0. The van der Waals surface area contributed by atoms with Gasteiger partial charge in [-0.25, -0.2) is 0 Å². The highest BCUT2D eigenvalue weighted by atomic mass is 32.1. The molecule has 0 unspecified atom stereocenters. The summed E-state index contributed by atoms with van der Waals surface area (Å²) in [5.41, 5.74) is 18.4. The van der Waals surface area contributed by atoms with Crippen molar-refractivity contribution in [2.75, 3.05) is 11.4 Å². The van der Waals surface area contributed by atoms with Crippen LogP contribution < -0.4 is 4.90 Å². The highest BCUT2D eigenvalue weighted by Gasteiger charge is 2.26. The van der Waals surface area contributed by atoms with Gasteiger partial charge in [-0.1, -0.05) is 150 Å². The Balaban J connectivity index is 1.49. The van der Waals surface area contributed by atoms with Gasteiger partial charge in [0.2, 0.25) is 0 Å². The van der Waals surface area contributed by atoms with Gasteiger partial charge in [0.15, 0.2) is 0 Å². The zero-order valence-corrected chi connectivity index (χ0v) is 40.1. The molecule has 0 spiro atoms. The van der Waals surface area contributed by atoms with E-state index in [2.05, 4.69) is 216 Å². The number of allylic oxidation sites excluding steroid dienone is 2. The largest absolute Gasteiger partial charge is 0.340 e. The van der Waals surface area contributed by atoms with Crippen LogP contribution in [-0.4, -0.2) is 11.1 Å². The van der Waals surface area contributed by atoms with Crippen molar-refractivity contribution in [3.8, 4) is 16.8 Å². The van der Waals surface area contributed by atoms with Crippen molar-refractivity contribution in [2.45, 2.75) is 127 Å². The van der Waals surface area contributed by atoms with Gasteiger partial charge in [-0.05, 0) is 136 Å². The standard InChI is InChI=1S/C57H68N2S/c1-17-19-39(54(5,6)7)30-31-58(51-35-60-52-29-25-42(33-45(51)52)57(14,15)16)47-20-18-21-48(38(47)4)59-49-27-24-41(56(11,12)13)34-46(49)53-37(3)43(26-28-50(53)59)44-32-40(55(8,9)10)23-22-36(44)2/h17-29,32-35H,1,30-31H2,2-16H3/b39-19+. The van der Waals surface area contributed by atoms with Gasteiger partial charge < -0.3 is 9.47 Å². The number of aromatic nitrogens is 1. The Morgan fingerprint density at radius 2 is 1.23 bits per heavy atom. The topological polar surface area (TPSA) is 8.17 Å². The van der Waals surface area contributed by atoms with Crippen LogP contribution in [0.2, 0.25) is 0 Å². The van der Waals surface area contributed by atoms with Gasteiger partial charge in [0.1, 0.15) is 0 Å². The molecule has 312 valence electrons. The second-order valence-electron chi connectivity index (χ2n) is 21.3. The van der Waals surface area contributed by atoms with Crippen LogP contribution in [0.3, 0.4) is 0 Å². The summed E-state index contributed by atoms with van der Waals surface area (Å²) in [6.45, 7) is 39.7. The van der Waals surface area contributed by atoms with Crippen LogP contribution >= 0.6 is 11.3 Å². The molecule has 7 rings (SSSR count). The van der Waals surface area contributed by atoms with E-state index in [9.17, 15) is 0 Å². The fourth-order valence-corrected chi connectivity index (χ4v) is 9.90. The summed E-state index contributed by atoms with van der Waals surface area (Å²) in [6.07, 6.45) is 5.11. The van der Waals surface area contributed by atoms with Gasteiger partial charge in [-0.3, -0.25) is 0 Å². The van der Waals surface area contributed by atoms with E-state index in [1.165, 1.54) is 99.0 Å². The third kappa shape index (κ3) is 8.03. The minimum absolute atomic E-state index is 0.0181. The Bertz CT molecular complexity index is 2790. The first-order valence-electron chi connectivity index (χ1n) is 21.9. The summed E-state index contributed by atoms with van der Waals surface area (Å²) < 4.78 is 3.87. The van der Waals surface area contributed by atoms with Gasteiger partial charge >= 0.3 is 0 Å². The molecule has 0 aliphatic heterocycles. The molecule has 3 heteroatoms. The number of thiophene rings is 1. The second kappa shape index (κ2) is 15.6. The summed E-state index contributed by atoms with van der Waals surface area (Å²) in [5, 5.41) is 6.35. The van der Waals surface area contributed by atoms with Crippen molar-refractivity contribution in [1.29, 1.82) is 0 Å². The molecule has 2 heterocycles. The fraction of sp³-hybridized carbons (Fsp3) is 0.368. The van der Waals surface area contributed by atoms with Crippen LogP contribution in [-0.2, 0) is 16.2 Å². The summed E-state index contributed by atoms with van der Waals surface area (Å²) in [5.74, 6) is 0. The first kappa shape index (κ1) is 43.2. The van der Waals surface area contributed by atoms with Crippen LogP contribution in [0.15, 0.2) is 115 Å². The third-order valence-electron chi connectivity index (χ3n) is 12.9. The van der Waals surface area contributed by atoms with Crippen molar-refractivity contribution in [2.24, 2.45) is 5.41 Å². The van der Waals surface area contributed by atoms with E-state index in [0.717, 1.165) is 13.0 Å².